The number of hydrogen-bond acceptors (Lipinski definition) is 5. The highest BCUT2D eigenvalue weighted by molar-refractivity contribution is 7.92. The molecule has 0 atom stereocenters. The average molecular weight is 401 g/mol. The van der Waals surface area contributed by atoms with Crippen molar-refractivity contribution in [3.05, 3.63) is 53.3 Å². The first-order chi connectivity index (χ1) is 12.1. The lowest BCUT2D eigenvalue weighted by Gasteiger charge is -2.09. The Balaban J connectivity index is 1.94. The highest BCUT2D eigenvalue weighted by Crippen LogP contribution is 2.26. The molecule has 26 heavy (non-hydrogen) atoms. The maximum atomic E-state index is 12.8. The van der Waals surface area contributed by atoms with Gasteiger partial charge >= 0.3 is 0 Å². The van der Waals surface area contributed by atoms with Crippen LogP contribution in [0.4, 0.5) is 15.8 Å². The predicted octanol–water partition coefficient (Wildman–Crippen LogP) is 2.18. The Labute approximate surface area is 153 Å². The minimum atomic E-state index is -4.06. The largest absolute Gasteiger partial charge is 0.506 e. The van der Waals surface area contributed by atoms with Crippen molar-refractivity contribution in [3.63, 3.8) is 0 Å². The quantitative estimate of drug-likeness (QED) is 0.643. The highest BCUT2D eigenvalue weighted by atomic mass is 35.5. The van der Waals surface area contributed by atoms with Gasteiger partial charge in [0.05, 0.1) is 5.69 Å². The van der Waals surface area contributed by atoms with Crippen molar-refractivity contribution in [1.29, 1.82) is 0 Å². The lowest BCUT2D eigenvalue weighted by molar-refractivity contribution is -0.114. The van der Waals surface area contributed by atoms with E-state index in [1.165, 1.54) is 30.3 Å². The lowest BCUT2D eigenvalue weighted by Crippen LogP contribution is -2.30. The Morgan fingerprint density at radius 3 is 2.19 bits per heavy atom. The van der Waals surface area contributed by atoms with Crippen LogP contribution in [-0.2, 0) is 19.4 Å². The Hall–Kier alpha value is -2.65. The topological polar surface area (TPSA) is 113 Å². The molecule has 0 heterocycles. The second-order valence-corrected chi connectivity index (χ2v) is 7.80. The van der Waals surface area contributed by atoms with E-state index >= 15 is 0 Å². The van der Waals surface area contributed by atoms with E-state index in [0.717, 1.165) is 12.1 Å². The number of halogens is 2. The lowest BCUT2D eigenvalue weighted by atomic mass is 10.3. The molecule has 7 nitrogen and oxygen atoms in total. The fourth-order valence-corrected chi connectivity index (χ4v) is 3.19. The number of carbonyl (C=O) groups excluding carboxylic acids is 2. The summed E-state index contributed by atoms with van der Waals surface area (Å²) >= 11 is 5.73. The van der Waals surface area contributed by atoms with Crippen LogP contribution in [0.25, 0.3) is 0 Å². The summed E-state index contributed by atoms with van der Waals surface area (Å²) in [7, 11) is -4.06. The van der Waals surface area contributed by atoms with Crippen LogP contribution in [-0.4, -0.2) is 36.8 Å². The van der Waals surface area contributed by atoms with Gasteiger partial charge in [0, 0.05) is 10.7 Å². The monoisotopic (exact) mass is 400 g/mol. The summed E-state index contributed by atoms with van der Waals surface area (Å²) in [5.41, 5.74) is 0.174. The number of hydrogen-bond donors (Lipinski definition) is 3. The van der Waals surface area contributed by atoms with E-state index < -0.39 is 39.0 Å². The SMILES string of the molecule is O=C(CS(=O)(=O)CC(=O)Nc1cc(Cl)ccc1O)Nc1ccc(F)cc1. The molecule has 0 unspecified atom stereocenters. The number of benzene rings is 2. The Morgan fingerprint density at radius 2 is 1.58 bits per heavy atom. The van der Waals surface area contributed by atoms with E-state index in [4.69, 9.17) is 11.6 Å². The smallest absolute Gasteiger partial charge is 0.239 e. The molecule has 2 aromatic rings. The second kappa shape index (κ2) is 8.15. The van der Waals surface area contributed by atoms with Crippen molar-refractivity contribution < 1.29 is 27.5 Å². The molecule has 0 bridgehead atoms. The molecule has 10 heteroatoms. The van der Waals surface area contributed by atoms with Crippen LogP contribution in [0.2, 0.25) is 5.02 Å². The molecule has 2 amide bonds. The van der Waals surface area contributed by atoms with Gasteiger partial charge in [-0.3, -0.25) is 9.59 Å². The van der Waals surface area contributed by atoms with Gasteiger partial charge in [-0.1, -0.05) is 11.6 Å². The van der Waals surface area contributed by atoms with Crippen LogP contribution < -0.4 is 10.6 Å². The van der Waals surface area contributed by atoms with Crippen molar-refractivity contribution in [3.8, 4) is 5.75 Å². The molecule has 0 aliphatic rings. The molecule has 0 fully saturated rings. The zero-order chi connectivity index (χ0) is 19.3. The summed E-state index contributed by atoms with van der Waals surface area (Å²) in [6, 6.07) is 8.64. The number of aromatic hydroxyl groups is 1. The Kier molecular flexibility index (Phi) is 6.17. The van der Waals surface area contributed by atoms with Gasteiger partial charge in [-0.2, -0.15) is 0 Å². The maximum absolute atomic E-state index is 12.8. The Bertz CT molecular complexity index is 932. The minimum Gasteiger partial charge on any atom is -0.506 e. The molecule has 0 aliphatic heterocycles. The second-order valence-electron chi connectivity index (χ2n) is 5.30. The highest BCUT2D eigenvalue weighted by Gasteiger charge is 2.21. The van der Waals surface area contributed by atoms with Crippen LogP contribution in [0.1, 0.15) is 0 Å². The van der Waals surface area contributed by atoms with Crippen LogP contribution in [0.5, 0.6) is 5.75 Å². The van der Waals surface area contributed by atoms with Gasteiger partial charge in [-0.05, 0) is 42.5 Å². The summed E-state index contributed by atoms with van der Waals surface area (Å²) in [6.07, 6.45) is 0. The van der Waals surface area contributed by atoms with Crippen molar-refractivity contribution in [2.45, 2.75) is 0 Å². The fourth-order valence-electron chi connectivity index (χ4n) is 1.98. The summed E-state index contributed by atoms with van der Waals surface area (Å²) in [4.78, 5) is 23.6. The number of rotatable bonds is 6. The zero-order valence-corrected chi connectivity index (χ0v) is 14.8. The number of sulfone groups is 1. The van der Waals surface area contributed by atoms with Crippen LogP contribution >= 0.6 is 11.6 Å². The molecule has 0 saturated carbocycles. The molecular formula is C16H14ClFN2O5S. The van der Waals surface area contributed by atoms with Gasteiger partial charge in [0.25, 0.3) is 0 Å². The van der Waals surface area contributed by atoms with E-state index in [0.29, 0.717) is 0 Å². The molecule has 0 aromatic heterocycles. The van der Waals surface area contributed by atoms with Gasteiger partial charge in [0.2, 0.25) is 11.8 Å². The number of nitrogens with one attached hydrogen (secondary N) is 2. The molecule has 0 radical (unpaired) electrons. The predicted molar refractivity (Wildman–Crippen MR) is 95.4 cm³/mol. The van der Waals surface area contributed by atoms with Gasteiger partial charge in [0.1, 0.15) is 23.1 Å². The van der Waals surface area contributed by atoms with Gasteiger partial charge in [-0.15, -0.1) is 0 Å². The fraction of sp³-hybridized carbons (Fsp3) is 0.125. The van der Waals surface area contributed by atoms with Gasteiger partial charge in [0.15, 0.2) is 9.84 Å². The molecule has 0 saturated heterocycles. The summed E-state index contributed by atoms with van der Waals surface area (Å²) in [5, 5.41) is 14.3. The summed E-state index contributed by atoms with van der Waals surface area (Å²) in [6.45, 7) is 0. The van der Waals surface area contributed by atoms with E-state index in [9.17, 15) is 27.5 Å². The van der Waals surface area contributed by atoms with Gasteiger partial charge < -0.3 is 15.7 Å². The molecular weight excluding hydrogens is 387 g/mol. The normalized spacial score (nSPS) is 11.0. The van der Waals surface area contributed by atoms with E-state index in [1.807, 2.05) is 0 Å². The Morgan fingerprint density at radius 1 is 1.00 bits per heavy atom. The molecule has 0 spiro atoms. The summed E-state index contributed by atoms with van der Waals surface area (Å²) < 4.78 is 36.7. The first-order valence-electron chi connectivity index (χ1n) is 7.19. The minimum absolute atomic E-state index is 0.0477. The number of phenols is 1. The molecule has 0 aliphatic carbocycles. The number of phenolic OH excluding ortho intramolecular Hbond substituents is 1. The third-order valence-electron chi connectivity index (χ3n) is 3.06. The van der Waals surface area contributed by atoms with E-state index in [-0.39, 0.29) is 22.1 Å². The maximum Gasteiger partial charge on any atom is 0.239 e. The summed E-state index contributed by atoms with van der Waals surface area (Å²) in [5.74, 6) is -4.48. The average Bonchev–Trinajstić information content (AvgIpc) is 2.52. The number of carbonyl (C=O) groups is 2. The number of amides is 2. The van der Waals surface area contributed by atoms with Crippen molar-refractivity contribution >= 4 is 44.6 Å². The van der Waals surface area contributed by atoms with Crippen molar-refractivity contribution in [1.82, 2.24) is 0 Å². The molecule has 3 N–H and O–H groups in total. The van der Waals surface area contributed by atoms with Crippen molar-refractivity contribution in [2.24, 2.45) is 0 Å². The van der Waals surface area contributed by atoms with Gasteiger partial charge in [-0.25, -0.2) is 12.8 Å². The number of anilines is 2. The van der Waals surface area contributed by atoms with Crippen LogP contribution in [0.3, 0.4) is 0 Å². The first kappa shape index (κ1) is 19.7. The first-order valence-corrected chi connectivity index (χ1v) is 9.39. The standard InChI is InChI=1S/C16H14ClFN2O5S/c17-10-1-6-14(21)13(7-10)20-16(23)9-26(24,25)8-15(22)19-12-4-2-11(18)3-5-12/h1-7,21H,8-9H2,(H,19,22)(H,20,23). The van der Waals surface area contributed by atoms with E-state index in [1.54, 1.807) is 0 Å². The van der Waals surface area contributed by atoms with Crippen LogP contribution in [0, 0.1) is 5.82 Å². The third-order valence-corrected chi connectivity index (χ3v) is 4.70. The molecule has 138 valence electrons. The van der Waals surface area contributed by atoms with E-state index in [2.05, 4.69) is 10.6 Å². The molecule has 2 rings (SSSR count). The third kappa shape index (κ3) is 6.01. The zero-order valence-electron chi connectivity index (χ0n) is 13.2. The van der Waals surface area contributed by atoms with Crippen LogP contribution in [0.15, 0.2) is 42.5 Å². The van der Waals surface area contributed by atoms with Crippen molar-refractivity contribution in [2.75, 3.05) is 22.1 Å². The molecule has 2 aromatic carbocycles.